The number of carbonyl (C=O) groups is 1. The van der Waals surface area contributed by atoms with Crippen molar-refractivity contribution in [1.82, 2.24) is 4.57 Å². The highest BCUT2D eigenvalue weighted by Gasteiger charge is 2.25. The molecule has 0 aliphatic carbocycles. The molecule has 0 fully saturated rings. The first-order valence-corrected chi connectivity index (χ1v) is 6.93. The first-order valence-electron chi connectivity index (χ1n) is 6.56. The maximum Gasteiger partial charge on any atom is 0.352 e. The summed E-state index contributed by atoms with van der Waals surface area (Å²) in [6, 6.07) is 11.7. The average Bonchev–Trinajstić information content (AvgIpc) is 2.81. The lowest BCUT2D eigenvalue weighted by molar-refractivity contribution is 0.0676. The summed E-state index contributed by atoms with van der Waals surface area (Å²) in [6.07, 6.45) is 3.42. The van der Waals surface area contributed by atoms with Crippen molar-refractivity contribution in [2.75, 3.05) is 0 Å². The Labute approximate surface area is 123 Å². The third-order valence-electron chi connectivity index (χ3n) is 3.53. The van der Waals surface area contributed by atoms with Crippen molar-refractivity contribution >= 4 is 17.6 Å². The summed E-state index contributed by atoms with van der Waals surface area (Å²) in [5.41, 5.74) is 1.17. The van der Waals surface area contributed by atoms with Gasteiger partial charge in [0.2, 0.25) is 0 Å². The molecule has 0 saturated heterocycles. The van der Waals surface area contributed by atoms with Gasteiger partial charge in [0.15, 0.2) is 0 Å². The summed E-state index contributed by atoms with van der Waals surface area (Å²) >= 11 is 5.95. The van der Waals surface area contributed by atoms with Gasteiger partial charge in [0.1, 0.15) is 5.69 Å². The van der Waals surface area contributed by atoms with Crippen LogP contribution in [-0.2, 0) is 12.0 Å². The summed E-state index contributed by atoms with van der Waals surface area (Å²) < 4.78 is 1.75. The van der Waals surface area contributed by atoms with E-state index in [1.165, 1.54) is 11.6 Å². The molecule has 0 aliphatic heterocycles. The predicted molar refractivity (Wildman–Crippen MR) is 80.5 cm³/mol. The molecule has 0 spiro atoms. The van der Waals surface area contributed by atoms with Crippen molar-refractivity contribution in [2.45, 2.75) is 32.2 Å². The first kappa shape index (κ1) is 14.7. The highest BCUT2D eigenvalue weighted by Crippen LogP contribution is 2.27. The molecule has 4 heteroatoms. The monoisotopic (exact) mass is 291 g/mol. The lowest BCUT2D eigenvalue weighted by Gasteiger charge is -2.28. The first-order chi connectivity index (χ1) is 9.40. The molecule has 1 aromatic carbocycles. The molecule has 1 N–H and O–H groups in total. The maximum atomic E-state index is 11.3. The van der Waals surface area contributed by atoms with Crippen LogP contribution in [0.1, 0.15) is 36.3 Å². The summed E-state index contributed by atoms with van der Waals surface area (Å²) in [4.78, 5) is 11.3. The molecular formula is C16H18ClNO2. The molecule has 1 heterocycles. The fourth-order valence-electron chi connectivity index (χ4n) is 2.31. The van der Waals surface area contributed by atoms with Gasteiger partial charge in [-0.15, -0.1) is 0 Å². The smallest absolute Gasteiger partial charge is 0.352 e. The van der Waals surface area contributed by atoms with E-state index in [-0.39, 0.29) is 11.2 Å². The van der Waals surface area contributed by atoms with E-state index in [1.807, 2.05) is 32.0 Å². The Kier molecular flexibility index (Phi) is 4.19. The minimum absolute atomic E-state index is 0.230. The van der Waals surface area contributed by atoms with E-state index in [4.69, 9.17) is 11.6 Å². The van der Waals surface area contributed by atoms with Gasteiger partial charge >= 0.3 is 5.97 Å². The summed E-state index contributed by atoms with van der Waals surface area (Å²) in [6.45, 7) is 4.05. The fourth-order valence-corrected chi connectivity index (χ4v) is 2.51. The molecule has 1 aromatic heterocycles. The second kappa shape index (κ2) is 5.71. The van der Waals surface area contributed by atoms with Crippen LogP contribution in [0.25, 0.3) is 0 Å². The van der Waals surface area contributed by atoms with E-state index in [0.29, 0.717) is 5.02 Å². The molecular weight excluding hydrogens is 274 g/mol. The highest BCUT2D eigenvalue weighted by atomic mass is 35.5. The molecule has 3 nitrogen and oxygen atoms in total. The number of aryl methyl sites for hydroxylation is 1. The zero-order valence-corrected chi connectivity index (χ0v) is 12.4. The van der Waals surface area contributed by atoms with Gasteiger partial charge in [-0.25, -0.2) is 4.79 Å². The topological polar surface area (TPSA) is 42.2 Å². The third-order valence-corrected chi connectivity index (χ3v) is 3.73. The van der Waals surface area contributed by atoms with Gasteiger partial charge in [0, 0.05) is 11.7 Å². The van der Waals surface area contributed by atoms with Crippen LogP contribution in [0.3, 0.4) is 0 Å². The van der Waals surface area contributed by atoms with Crippen molar-refractivity contribution in [3.63, 3.8) is 0 Å². The Morgan fingerprint density at radius 2 is 1.95 bits per heavy atom. The van der Waals surface area contributed by atoms with Gasteiger partial charge in [0.05, 0.1) is 5.02 Å². The van der Waals surface area contributed by atoms with Crippen LogP contribution in [0.5, 0.6) is 0 Å². The quantitative estimate of drug-likeness (QED) is 0.897. The number of hydrogen-bond acceptors (Lipinski definition) is 1. The number of carboxylic acids is 1. The van der Waals surface area contributed by atoms with Gasteiger partial charge in [0.25, 0.3) is 0 Å². The number of rotatable bonds is 5. The number of aromatic nitrogens is 1. The summed E-state index contributed by atoms with van der Waals surface area (Å²) in [5.74, 6) is -0.954. The van der Waals surface area contributed by atoms with Crippen molar-refractivity contribution in [2.24, 2.45) is 0 Å². The molecule has 0 amide bonds. The molecule has 106 valence electrons. The zero-order chi connectivity index (χ0) is 14.8. The minimum atomic E-state index is -0.954. The summed E-state index contributed by atoms with van der Waals surface area (Å²) in [7, 11) is 0. The van der Waals surface area contributed by atoms with Crippen LogP contribution in [-0.4, -0.2) is 15.6 Å². The van der Waals surface area contributed by atoms with E-state index in [2.05, 4.69) is 12.1 Å². The molecule has 20 heavy (non-hydrogen) atoms. The molecule has 0 unspecified atom stereocenters. The number of aromatic carboxylic acids is 1. The summed E-state index contributed by atoms with van der Waals surface area (Å²) in [5, 5.41) is 9.70. The second-order valence-electron chi connectivity index (χ2n) is 5.52. The van der Waals surface area contributed by atoms with Gasteiger partial charge in [-0.1, -0.05) is 41.9 Å². The van der Waals surface area contributed by atoms with E-state index >= 15 is 0 Å². The van der Waals surface area contributed by atoms with Crippen molar-refractivity contribution in [3.05, 3.63) is 58.9 Å². The van der Waals surface area contributed by atoms with Crippen molar-refractivity contribution in [3.8, 4) is 0 Å². The minimum Gasteiger partial charge on any atom is -0.477 e. The molecule has 0 radical (unpaired) electrons. The van der Waals surface area contributed by atoms with E-state index in [0.717, 1.165) is 12.8 Å². The normalized spacial score (nSPS) is 11.6. The molecule has 0 atom stereocenters. The van der Waals surface area contributed by atoms with E-state index < -0.39 is 5.97 Å². The number of nitrogens with zero attached hydrogens (tertiary/aromatic N) is 1. The highest BCUT2D eigenvalue weighted by molar-refractivity contribution is 6.30. The number of benzene rings is 1. The van der Waals surface area contributed by atoms with Gasteiger partial charge in [-0.2, -0.15) is 0 Å². The van der Waals surface area contributed by atoms with Crippen LogP contribution in [0.2, 0.25) is 5.02 Å². The lowest BCUT2D eigenvalue weighted by Crippen LogP contribution is -2.29. The average molecular weight is 292 g/mol. The largest absolute Gasteiger partial charge is 0.477 e. The van der Waals surface area contributed by atoms with Crippen LogP contribution in [0.4, 0.5) is 0 Å². The Hall–Kier alpha value is -1.74. The van der Waals surface area contributed by atoms with E-state index in [1.54, 1.807) is 10.8 Å². The SMILES string of the molecule is CC(C)(CCc1ccccc1)n1cc(Cl)cc1C(=O)O. The number of carboxylic acid groups (broad SMARTS) is 1. The Morgan fingerprint density at radius 3 is 2.55 bits per heavy atom. The number of hydrogen-bond donors (Lipinski definition) is 1. The fraction of sp³-hybridized carbons (Fsp3) is 0.312. The Bertz CT molecular complexity index is 602. The van der Waals surface area contributed by atoms with Crippen LogP contribution in [0.15, 0.2) is 42.6 Å². The van der Waals surface area contributed by atoms with Gasteiger partial charge < -0.3 is 9.67 Å². The Balaban J connectivity index is 2.20. The van der Waals surface area contributed by atoms with Crippen molar-refractivity contribution in [1.29, 1.82) is 0 Å². The predicted octanol–water partition coefficient (Wildman–Crippen LogP) is 4.21. The third kappa shape index (κ3) is 3.23. The molecule has 2 aromatic rings. The van der Waals surface area contributed by atoms with Crippen LogP contribution >= 0.6 is 11.6 Å². The van der Waals surface area contributed by atoms with Crippen LogP contribution in [0, 0.1) is 0 Å². The van der Waals surface area contributed by atoms with Gasteiger partial charge in [-0.05, 0) is 38.3 Å². The molecule has 0 bridgehead atoms. The maximum absolute atomic E-state index is 11.3. The van der Waals surface area contributed by atoms with Crippen molar-refractivity contribution < 1.29 is 9.90 Å². The lowest BCUT2D eigenvalue weighted by atomic mass is 9.94. The van der Waals surface area contributed by atoms with Gasteiger partial charge in [-0.3, -0.25) is 0 Å². The standard InChI is InChI=1S/C16H18ClNO2/c1-16(2,9-8-12-6-4-3-5-7-12)18-11-13(17)10-14(18)15(19)20/h3-7,10-11H,8-9H2,1-2H3,(H,19,20). The second-order valence-corrected chi connectivity index (χ2v) is 5.95. The molecule has 0 aliphatic rings. The molecule has 2 rings (SSSR count). The number of halogens is 1. The zero-order valence-electron chi connectivity index (χ0n) is 11.6. The van der Waals surface area contributed by atoms with E-state index in [9.17, 15) is 9.90 Å². The Morgan fingerprint density at radius 1 is 1.30 bits per heavy atom. The molecule has 0 saturated carbocycles. The van der Waals surface area contributed by atoms with Crippen LogP contribution < -0.4 is 0 Å².